The van der Waals surface area contributed by atoms with Gasteiger partial charge in [0.05, 0.1) is 0 Å². The average Bonchev–Trinajstić information content (AvgIpc) is 2.93. The van der Waals surface area contributed by atoms with E-state index in [0.29, 0.717) is 6.42 Å². The van der Waals surface area contributed by atoms with Crippen LogP contribution in [0, 0.1) is 0 Å². The molecule has 39 heavy (non-hydrogen) atoms. The van der Waals surface area contributed by atoms with Gasteiger partial charge < -0.3 is 5.11 Å². The van der Waals surface area contributed by atoms with Gasteiger partial charge in [-0.25, -0.2) is 0 Å². The molecule has 0 saturated heterocycles. The van der Waals surface area contributed by atoms with Gasteiger partial charge in [0.25, 0.3) is 0 Å². The zero-order valence-corrected chi connectivity index (χ0v) is 28.1. The molecule has 0 aromatic carbocycles. The van der Waals surface area contributed by atoms with Crippen LogP contribution in [0.2, 0.25) is 0 Å². The van der Waals surface area contributed by atoms with E-state index in [9.17, 15) is 4.79 Å². The van der Waals surface area contributed by atoms with E-state index in [0.717, 1.165) is 12.8 Å². The molecule has 0 amide bonds. The van der Waals surface area contributed by atoms with Gasteiger partial charge in [0.15, 0.2) is 0 Å². The van der Waals surface area contributed by atoms with E-state index >= 15 is 0 Å². The predicted octanol–water partition coefficient (Wildman–Crippen LogP) is 13.7. The molecule has 0 bridgehead atoms. The van der Waals surface area contributed by atoms with Crippen molar-refractivity contribution in [3.8, 4) is 0 Å². The van der Waals surface area contributed by atoms with Gasteiger partial charge in [0.1, 0.15) is 0 Å². The minimum Gasteiger partial charge on any atom is -0.481 e. The molecule has 1 N–H and O–H groups in total. The summed E-state index contributed by atoms with van der Waals surface area (Å²) in [4.78, 5) is 10.5. The summed E-state index contributed by atoms with van der Waals surface area (Å²) in [5.74, 6) is -0.648. The van der Waals surface area contributed by atoms with Crippen LogP contribution >= 0.6 is 15.9 Å². The molecule has 0 aromatic heterocycles. The molecule has 0 aliphatic heterocycles. The Bertz CT molecular complexity index is 453. The van der Waals surface area contributed by atoms with E-state index in [2.05, 4.69) is 15.9 Å². The van der Waals surface area contributed by atoms with Crippen molar-refractivity contribution >= 4 is 21.9 Å². The Balaban J connectivity index is 3.02. The summed E-state index contributed by atoms with van der Waals surface area (Å²) in [6.07, 6.45) is 46.8. The van der Waals surface area contributed by atoms with E-state index in [1.807, 2.05) is 0 Å². The SMILES string of the molecule is O=C(O)CCCCCCCCCCCCCCCCCCCCCCCCCCCCCCCCCCCBr. The summed E-state index contributed by atoms with van der Waals surface area (Å²) in [6.45, 7) is 0. The van der Waals surface area contributed by atoms with Crippen molar-refractivity contribution in [2.75, 3.05) is 5.33 Å². The van der Waals surface area contributed by atoms with Crippen LogP contribution in [-0.4, -0.2) is 16.4 Å². The number of alkyl halides is 1. The van der Waals surface area contributed by atoms with E-state index < -0.39 is 5.97 Å². The zero-order chi connectivity index (χ0) is 28.3. The van der Waals surface area contributed by atoms with Crippen molar-refractivity contribution in [3.63, 3.8) is 0 Å². The summed E-state index contributed by atoms with van der Waals surface area (Å²) in [6, 6.07) is 0. The molecule has 234 valence electrons. The lowest BCUT2D eigenvalue weighted by Gasteiger charge is -2.05. The highest BCUT2D eigenvalue weighted by Crippen LogP contribution is 2.17. The molecule has 0 spiro atoms. The molecular weight excluding hydrogens is 544 g/mol. The van der Waals surface area contributed by atoms with Crippen molar-refractivity contribution in [1.82, 2.24) is 0 Å². The summed E-state index contributed by atoms with van der Waals surface area (Å²) in [7, 11) is 0. The van der Waals surface area contributed by atoms with Crippen molar-refractivity contribution in [3.05, 3.63) is 0 Å². The summed E-state index contributed by atoms with van der Waals surface area (Å²) in [5, 5.41) is 9.81. The standard InChI is InChI=1S/C36H71BrO2/c37-35-33-31-29-27-25-23-21-19-17-15-13-11-9-7-5-3-1-2-4-6-8-10-12-14-16-18-20-22-24-26-28-30-32-34-36(38)39/h1-35H2,(H,38,39). The van der Waals surface area contributed by atoms with Crippen LogP contribution in [0.25, 0.3) is 0 Å². The van der Waals surface area contributed by atoms with Gasteiger partial charge in [-0.15, -0.1) is 0 Å². The lowest BCUT2D eigenvalue weighted by atomic mass is 10.0. The number of carboxylic acids is 1. The fourth-order valence-electron chi connectivity index (χ4n) is 5.85. The molecule has 0 unspecified atom stereocenters. The fraction of sp³-hybridized carbons (Fsp3) is 0.972. The minimum atomic E-state index is -0.648. The molecule has 0 radical (unpaired) electrons. The summed E-state index contributed by atoms with van der Waals surface area (Å²) >= 11 is 3.52. The third-order valence-electron chi connectivity index (χ3n) is 8.52. The molecular formula is C36H71BrO2. The van der Waals surface area contributed by atoms with Gasteiger partial charge in [0, 0.05) is 11.8 Å². The summed E-state index contributed by atoms with van der Waals surface area (Å²) < 4.78 is 0. The minimum absolute atomic E-state index is 0.346. The largest absolute Gasteiger partial charge is 0.481 e. The molecule has 0 heterocycles. The first-order valence-electron chi connectivity index (χ1n) is 18.0. The highest BCUT2D eigenvalue weighted by Gasteiger charge is 1.98. The lowest BCUT2D eigenvalue weighted by Crippen LogP contribution is -1.93. The molecule has 0 fully saturated rings. The highest BCUT2D eigenvalue weighted by atomic mass is 79.9. The monoisotopic (exact) mass is 614 g/mol. The number of carboxylic acid groups (broad SMARTS) is 1. The van der Waals surface area contributed by atoms with Crippen LogP contribution in [0.5, 0.6) is 0 Å². The van der Waals surface area contributed by atoms with E-state index in [4.69, 9.17) is 5.11 Å². The van der Waals surface area contributed by atoms with Gasteiger partial charge in [-0.05, 0) is 12.8 Å². The first-order valence-corrected chi connectivity index (χ1v) is 19.2. The van der Waals surface area contributed by atoms with Gasteiger partial charge in [-0.3, -0.25) is 4.79 Å². The Morgan fingerprint density at radius 1 is 0.308 bits per heavy atom. The Morgan fingerprint density at radius 3 is 0.615 bits per heavy atom. The third kappa shape index (κ3) is 38.0. The molecule has 0 aliphatic rings. The van der Waals surface area contributed by atoms with E-state index in [1.54, 1.807) is 0 Å². The van der Waals surface area contributed by atoms with Crippen LogP contribution < -0.4 is 0 Å². The quantitative estimate of drug-likeness (QED) is 0.0569. The number of halogens is 1. The number of aliphatic carboxylic acids is 1. The van der Waals surface area contributed by atoms with E-state index in [-0.39, 0.29) is 0 Å². The molecule has 0 saturated carbocycles. The van der Waals surface area contributed by atoms with Gasteiger partial charge in [-0.1, -0.05) is 215 Å². The second kappa shape index (κ2) is 36.0. The Kier molecular flexibility index (Phi) is 35.9. The van der Waals surface area contributed by atoms with Crippen molar-refractivity contribution in [1.29, 1.82) is 0 Å². The smallest absolute Gasteiger partial charge is 0.303 e. The number of hydrogen-bond acceptors (Lipinski definition) is 1. The maximum absolute atomic E-state index is 10.5. The fourth-order valence-corrected chi connectivity index (χ4v) is 6.25. The van der Waals surface area contributed by atoms with Gasteiger partial charge >= 0.3 is 5.97 Å². The second-order valence-electron chi connectivity index (χ2n) is 12.5. The molecule has 0 atom stereocenters. The Morgan fingerprint density at radius 2 is 0.462 bits per heavy atom. The number of hydrogen-bond donors (Lipinski definition) is 1. The zero-order valence-electron chi connectivity index (χ0n) is 26.5. The first-order chi connectivity index (χ1) is 19.3. The third-order valence-corrected chi connectivity index (χ3v) is 9.09. The maximum Gasteiger partial charge on any atom is 0.303 e. The number of unbranched alkanes of at least 4 members (excludes halogenated alkanes) is 32. The maximum atomic E-state index is 10.5. The second-order valence-corrected chi connectivity index (χ2v) is 13.3. The topological polar surface area (TPSA) is 37.3 Å². The molecule has 3 heteroatoms. The van der Waals surface area contributed by atoms with Gasteiger partial charge in [0.2, 0.25) is 0 Å². The average molecular weight is 616 g/mol. The van der Waals surface area contributed by atoms with Gasteiger partial charge in [-0.2, -0.15) is 0 Å². The normalized spacial score (nSPS) is 11.4. The van der Waals surface area contributed by atoms with Crippen LogP contribution in [0.15, 0.2) is 0 Å². The van der Waals surface area contributed by atoms with Crippen molar-refractivity contribution in [2.45, 2.75) is 218 Å². The predicted molar refractivity (Wildman–Crippen MR) is 178 cm³/mol. The molecule has 2 nitrogen and oxygen atoms in total. The van der Waals surface area contributed by atoms with Crippen molar-refractivity contribution in [2.24, 2.45) is 0 Å². The Hall–Kier alpha value is -0.0500. The summed E-state index contributed by atoms with van der Waals surface area (Å²) in [5.41, 5.74) is 0. The van der Waals surface area contributed by atoms with Crippen LogP contribution in [0.4, 0.5) is 0 Å². The lowest BCUT2D eigenvalue weighted by molar-refractivity contribution is -0.137. The Labute approximate surface area is 254 Å². The van der Waals surface area contributed by atoms with Crippen molar-refractivity contribution < 1.29 is 9.90 Å². The highest BCUT2D eigenvalue weighted by molar-refractivity contribution is 9.09. The van der Waals surface area contributed by atoms with Crippen LogP contribution in [0.1, 0.15) is 218 Å². The number of rotatable bonds is 35. The first kappa shape index (κ1) is 39.0. The molecule has 0 rings (SSSR count). The molecule has 0 aliphatic carbocycles. The molecule has 0 aromatic rings. The van der Waals surface area contributed by atoms with Crippen LogP contribution in [0.3, 0.4) is 0 Å². The van der Waals surface area contributed by atoms with E-state index in [1.165, 1.54) is 204 Å². The van der Waals surface area contributed by atoms with Crippen LogP contribution in [-0.2, 0) is 4.79 Å². The number of carbonyl (C=O) groups is 1.